The van der Waals surface area contributed by atoms with Crippen LogP contribution in [0.4, 0.5) is 0 Å². The summed E-state index contributed by atoms with van der Waals surface area (Å²) in [6.07, 6.45) is 6.70. The van der Waals surface area contributed by atoms with Gasteiger partial charge in [-0.05, 0) is 96.4 Å². The molecule has 1 aliphatic heterocycles. The molecule has 10 nitrogen and oxygen atoms in total. The number of benzene rings is 2. The molecular formula is C33H38ClN5O5S. The third kappa shape index (κ3) is 5.48. The molecule has 4 aromatic rings. The summed E-state index contributed by atoms with van der Waals surface area (Å²) in [6.45, 7) is 4.56. The zero-order valence-corrected chi connectivity index (χ0v) is 27.2. The van der Waals surface area contributed by atoms with Gasteiger partial charge in [0.25, 0.3) is 0 Å². The van der Waals surface area contributed by atoms with Crippen LogP contribution < -0.4 is 4.74 Å². The maximum Gasteiger partial charge on any atom is 0.304 e. The van der Waals surface area contributed by atoms with E-state index in [1.165, 1.54) is 29.0 Å². The minimum Gasteiger partial charge on any atom is -0.481 e. The van der Waals surface area contributed by atoms with E-state index in [4.69, 9.17) is 16.3 Å². The van der Waals surface area contributed by atoms with Gasteiger partial charge in [-0.25, -0.2) is 9.67 Å². The Kier molecular flexibility index (Phi) is 7.80. The molecule has 0 spiro atoms. The molecule has 0 unspecified atom stereocenters. The van der Waals surface area contributed by atoms with Crippen LogP contribution >= 0.6 is 22.4 Å². The number of aliphatic carboxylic acids is 1. The van der Waals surface area contributed by atoms with Crippen LogP contribution in [0.15, 0.2) is 35.4 Å². The van der Waals surface area contributed by atoms with Crippen molar-refractivity contribution in [3.05, 3.63) is 74.4 Å². The molecule has 0 saturated heterocycles. The molecule has 3 heterocycles. The minimum atomic E-state index is -3.49. The highest BCUT2D eigenvalue weighted by Gasteiger charge is 2.37. The van der Waals surface area contributed by atoms with Crippen LogP contribution in [0.25, 0.3) is 11.0 Å². The van der Waals surface area contributed by atoms with E-state index in [-0.39, 0.29) is 36.4 Å². The van der Waals surface area contributed by atoms with E-state index < -0.39 is 22.7 Å². The Morgan fingerprint density at radius 2 is 2.00 bits per heavy atom. The summed E-state index contributed by atoms with van der Waals surface area (Å²) in [6, 6.07) is 7.99. The Hall–Kier alpha value is -3.22. The largest absolute Gasteiger partial charge is 0.481 e. The molecule has 1 saturated carbocycles. The summed E-state index contributed by atoms with van der Waals surface area (Å²) in [4.78, 5) is 16.9. The molecular weight excluding hydrogens is 614 g/mol. The number of rotatable bonds is 8. The monoisotopic (exact) mass is 651 g/mol. The highest BCUT2D eigenvalue weighted by Crippen LogP contribution is 2.58. The summed E-state index contributed by atoms with van der Waals surface area (Å²) in [5.41, 5.74) is 9.23. The van der Waals surface area contributed by atoms with Crippen molar-refractivity contribution >= 4 is 39.4 Å². The molecule has 2 aromatic heterocycles. The highest BCUT2D eigenvalue weighted by atomic mass is 35.5. The van der Waals surface area contributed by atoms with Crippen LogP contribution in [0.2, 0.25) is 5.02 Å². The molecule has 3 aliphatic rings. The lowest BCUT2D eigenvalue weighted by molar-refractivity contribution is -0.137. The molecule has 2 aromatic carbocycles. The van der Waals surface area contributed by atoms with E-state index in [0.29, 0.717) is 17.4 Å². The van der Waals surface area contributed by atoms with Gasteiger partial charge < -0.3 is 9.84 Å². The van der Waals surface area contributed by atoms with Gasteiger partial charge >= 0.3 is 5.97 Å². The fourth-order valence-electron chi connectivity index (χ4n) is 7.15. The molecule has 3 N–H and O–H groups in total. The zero-order valence-electron chi connectivity index (χ0n) is 25.7. The SMILES string of the molecule is CC[C@@H]1CN(Cc2cc([C@@H](CC(=O)O)c3cc(C4CC4)c4c(nnn4C)c3C)cc3c2CCC3)S(O)(O)c2cc(Cl)cnc2O1. The van der Waals surface area contributed by atoms with Gasteiger partial charge in [-0.3, -0.25) is 13.9 Å². The summed E-state index contributed by atoms with van der Waals surface area (Å²) in [5.74, 6) is -0.663. The van der Waals surface area contributed by atoms with Crippen LogP contribution in [0.5, 0.6) is 5.88 Å². The van der Waals surface area contributed by atoms with E-state index in [9.17, 15) is 19.0 Å². The van der Waals surface area contributed by atoms with Crippen LogP contribution in [-0.4, -0.2) is 57.1 Å². The summed E-state index contributed by atoms with van der Waals surface area (Å²) in [5, 5.41) is 19.3. The fraction of sp³-hybridized carbons (Fsp3) is 0.455. The average Bonchev–Trinajstić information content (AvgIpc) is 3.63. The number of fused-ring (bicyclic) bond motifs is 3. The number of carboxylic acids is 1. The predicted molar refractivity (Wildman–Crippen MR) is 173 cm³/mol. The predicted octanol–water partition coefficient (Wildman–Crippen LogP) is 7.00. The molecule has 2 atom stereocenters. The van der Waals surface area contributed by atoms with Crippen molar-refractivity contribution in [3.8, 4) is 5.88 Å². The molecule has 45 heavy (non-hydrogen) atoms. The number of hydrogen-bond donors (Lipinski definition) is 3. The number of aromatic nitrogens is 4. The van der Waals surface area contributed by atoms with Gasteiger partial charge in [0.1, 0.15) is 16.5 Å². The Bertz CT molecular complexity index is 1820. The lowest BCUT2D eigenvalue weighted by Gasteiger charge is -2.42. The van der Waals surface area contributed by atoms with E-state index in [0.717, 1.165) is 65.4 Å². The van der Waals surface area contributed by atoms with Crippen LogP contribution in [-0.2, 0) is 31.2 Å². The summed E-state index contributed by atoms with van der Waals surface area (Å²) >= 11 is 6.25. The second-order valence-corrected chi connectivity index (χ2v) is 15.1. The number of pyridine rings is 1. The van der Waals surface area contributed by atoms with Gasteiger partial charge in [0.05, 0.1) is 23.5 Å². The van der Waals surface area contributed by atoms with Crippen molar-refractivity contribution in [2.45, 2.75) is 88.2 Å². The molecule has 238 valence electrons. The zero-order chi connectivity index (χ0) is 31.6. The van der Waals surface area contributed by atoms with E-state index in [1.807, 2.05) is 25.6 Å². The normalized spacial score (nSPS) is 20.7. The second kappa shape index (κ2) is 11.5. The number of halogens is 1. The number of carboxylic acid groups (broad SMARTS) is 1. The van der Waals surface area contributed by atoms with Crippen molar-refractivity contribution < 1.29 is 23.7 Å². The smallest absolute Gasteiger partial charge is 0.304 e. The first-order chi connectivity index (χ1) is 21.5. The molecule has 0 radical (unpaired) electrons. The van der Waals surface area contributed by atoms with Gasteiger partial charge in [0.15, 0.2) is 0 Å². The van der Waals surface area contributed by atoms with Crippen molar-refractivity contribution in [1.82, 2.24) is 24.3 Å². The van der Waals surface area contributed by atoms with E-state index in [1.54, 1.807) is 4.31 Å². The van der Waals surface area contributed by atoms with Crippen molar-refractivity contribution in [2.24, 2.45) is 7.05 Å². The standard InChI is InChI=1S/C33H38ClN5O5S/c1-4-24-17-39(45(42,43)29-12-23(34)15-35-33(29)44-24)16-22-11-21(10-20-6-5-7-25(20)22)27(14-30(40)41)26-13-28(19-8-9-19)32-31(18(26)2)36-37-38(32)3/h10-13,15,19,24,27,42-43H,4-9,14,16-17H2,1-3H3,(H,40,41)/t24-,27-/m1/s1. The fourth-order valence-corrected chi connectivity index (χ4v) is 8.96. The van der Waals surface area contributed by atoms with Crippen molar-refractivity contribution in [2.75, 3.05) is 6.54 Å². The first-order valence-electron chi connectivity index (χ1n) is 15.6. The number of carbonyl (C=O) groups is 1. The quantitative estimate of drug-likeness (QED) is 0.184. The summed E-state index contributed by atoms with van der Waals surface area (Å²) < 4.78 is 33.1. The Morgan fingerprint density at radius 3 is 2.73 bits per heavy atom. The maximum absolute atomic E-state index is 12.4. The third-order valence-electron chi connectivity index (χ3n) is 9.63. The second-order valence-electron chi connectivity index (χ2n) is 12.6. The first-order valence-corrected chi connectivity index (χ1v) is 17.5. The van der Waals surface area contributed by atoms with E-state index in [2.05, 4.69) is 33.5 Å². The Balaban J connectivity index is 1.34. The molecule has 1 fully saturated rings. The van der Waals surface area contributed by atoms with Crippen molar-refractivity contribution in [1.29, 1.82) is 0 Å². The minimum absolute atomic E-state index is 0.0723. The number of hydrogen-bond acceptors (Lipinski definition) is 8. The van der Waals surface area contributed by atoms with Gasteiger partial charge in [0.2, 0.25) is 5.88 Å². The third-order valence-corrected chi connectivity index (χ3v) is 11.7. The van der Waals surface area contributed by atoms with Gasteiger partial charge in [0, 0.05) is 25.7 Å². The number of ether oxygens (including phenoxy) is 1. The topological polar surface area (TPSA) is 134 Å². The first kappa shape index (κ1) is 30.4. The molecule has 12 heteroatoms. The van der Waals surface area contributed by atoms with Crippen LogP contribution in [0.1, 0.15) is 89.8 Å². The molecule has 0 bridgehead atoms. The van der Waals surface area contributed by atoms with Crippen LogP contribution in [0.3, 0.4) is 0 Å². The van der Waals surface area contributed by atoms with E-state index >= 15 is 0 Å². The summed E-state index contributed by atoms with van der Waals surface area (Å²) in [7, 11) is -1.58. The molecule has 0 amide bonds. The Morgan fingerprint density at radius 1 is 1.20 bits per heavy atom. The average molecular weight is 652 g/mol. The van der Waals surface area contributed by atoms with Gasteiger partial charge in [-0.2, -0.15) is 4.31 Å². The number of nitrogens with zero attached hydrogens (tertiary/aromatic N) is 5. The van der Waals surface area contributed by atoms with Crippen molar-refractivity contribution in [3.63, 3.8) is 0 Å². The van der Waals surface area contributed by atoms with Crippen LogP contribution in [0, 0.1) is 6.92 Å². The maximum atomic E-state index is 12.4. The van der Waals surface area contributed by atoms with Gasteiger partial charge in [-0.15, -0.1) is 15.9 Å². The molecule has 2 aliphatic carbocycles. The number of aryl methyl sites for hydroxylation is 3. The lowest BCUT2D eigenvalue weighted by atomic mass is 9.82. The Labute approximate surface area is 268 Å². The van der Waals surface area contributed by atoms with Gasteiger partial charge in [-0.1, -0.05) is 41.9 Å². The highest BCUT2D eigenvalue weighted by molar-refractivity contribution is 8.22. The lowest BCUT2D eigenvalue weighted by Crippen LogP contribution is -2.34. The molecule has 7 rings (SSSR count).